The molecule has 0 saturated heterocycles. The number of rotatable bonds is 4. The highest BCUT2D eigenvalue weighted by Crippen LogP contribution is 2.30. The Kier molecular flexibility index (Phi) is 5.05. The third kappa shape index (κ3) is 3.79. The van der Waals surface area contributed by atoms with Gasteiger partial charge in [-0.3, -0.25) is 4.79 Å². The van der Waals surface area contributed by atoms with Crippen LogP contribution in [-0.4, -0.2) is 24.5 Å². The van der Waals surface area contributed by atoms with Gasteiger partial charge in [0.1, 0.15) is 5.82 Å². The topological polar surface area (TPSA) is 69.0 Å². The molecule has 1 heterocycles. The fourth-order valence-electron chi connectivity index (χ4n) is 3.20. The molecule has 0 bridgehead atoms. The maximum atomic E-state index is 13.4. The van der Waals surface area contributed by atoms with E-state index in [4.69, 9.17) is 0 Å². The smallest absolute Gasteiger partial charge is 0.267 e. The zero-order chi connectivity index (χ0) is 21.3. The zero-order valence-corrected chi connectivity index (χ0v) is 16.8. The molecule has 0 atom stereocenters. The van der Waals surface area contributed by atoms with E-state index in [0.29, 0.717) is 27.9 Å². The van der Waals surface area contributed by atoms with E-state index in [9.17, 15) is 17.6 Å². The fraction of sp³-hybridized carbons (Fsp3) is 0.0435. The molecule has 0 amide bonds. The molecule has 0 saturated carbocycles. The van der Waals surface area contributed by atoms with Crippen LogP contribution in [0.3, 0.4) is 0 Å². The van der Waals surface area contributed by atoms with Gasteiger partial charge in [-0.2, -0.15) is 9.78 Å². The van der Waals surface area contributed by atoms with E-state index in [1.807, 2.05) is 6.07 Å². The van der Waals surface area contributed by atoms with E-state index in [1.165, 1.54) is 28.9 Å². The number of halogens is 1. The lowest BCUT2D eigenvalue weighted by Gasteiger charge is -2.13. The first kappa shape index (κ1) is 19.7. The molecule has 0 aliphatic carbocycles. The van der Waals surface area contributed by atoms with Crippen molar-refractivity contribution in [2.45, 2.75) is 4.90 Å². The Balaban J connectivity index is 1.97. The summed E-state index contributed by atoms with van der Waals surface area (Å²) in [6.45, 7) is 0. The summed E-state index contributed by atoms with van der Waals surface area (Å²) in [6.07, 6.45) is 2.68. The molecule has 0 radical (unpaired) electrons. The lowest BCUT2D eigenvalue weighted by molar-refractivity contribution is 0.602. The van der Waals surface area contributed by atoms with Crippen molar-refractivity contribution in [3.8, 4) is 27.9 Å². The van der Waals surface area contributed by atoms with Crippen LogP contribution in [-0.2, 0) is 9.84 Å². The molecule has 4 aromatic rings. The largest absolute Gasteiger partial charge is 0.279 e. The Labute approximate surface area is 173 Å². The predicted molar refractivity (Wildman–Crippen MR) is 114 cm³/mol. The second-order valence-electron chi connectivity index (χ2n) is 6.79. The first-order valence-corrected chi connectivity index (χ1v) is 11.0. The number of hydrogen-bond donors (Lipinski definition) is 0. The molecule has 1 aromatic heterocycles. The summed E-state index contributed by atoms with van der Waals surface area (Å²) in [6, 6.07) is 20.9. The molecule has 30 heavy (non-hydrogen) atoms. The van der Waals surface area contributed by atoms with Crippen LogP contribution in [0.2, 0.25) is 0 Å². The summed E-state index contributed by atoms with van der Waals surface area (Å²) in [5.74, 6) is -0.386. The molecule has 5 nitrogen and oxygen atoms in total. The SMILES string of the molecule is CS(=O)(=O)c1ccc(-c2c(-c3ccc(F)cc3)cnn(-c3ccccc3)c2=O)cc1. The van der Waals surface area contributed by atoms with Gasteiger partial charge >= 0.3 is 0 Å². The lowest BCUT2D eigenvalue weighted by atomic mass is 9.97. The number of aromatic nitrogens is 2. The van der Waals surface area contributed by atoms with Crippen LogP contribution in [0.4, 0.5) is 4.39 Å². The second kappa shape index (κ2) is 7.68. The Hall–Kier alpha value is -3.58. The molecule has 0 aliphatic heterocycles. The summed E-state index contributed by atoms with van der Waals surface area (Å²) in [4.78, 5) is 13.6. The molecular formula is C23H17FN2O3S. The quantitative estimate of drug-likeness (QED) is 0.498. The van der Waals surface area contributed by atoms with Gasteiger partial charge < -0.3 is 0 Å². The Morgan fingerprint density at radius 3 is 2.03 bits per heavy atom. The van der Waals surface area contributed by atoms with Gasteiger partial charge in [-0.25, -0.2) is 12.8 Å². The summed E-state index contributed by atoms with van der Waals surface area (Å²) >= 11 is 0. The lowest BCUT2D eigenvalue weighted by Crippen LogP contribution is -2.23. The standard InChI is InChI=1S/C23H17FN2O3S/c1-30(28,29)20-13-9-17(10-14-20)22-21(16-7-11-18(24)12-8-16)15-25-26(23(22)27)19-5-3-2-4-6-19/h2-15H,1H3. The van der Waals surface area contributed by atoms with E-state index < -0.39 is 9.84 Å². The van der Waals surface area contributed by atoms with E-state index in [2.05, 4.69) is 5.10 Å². The Morgan fingerprint density at radius 2 is 1.43 bits per heavy atom. The zero-order valence-electron chi connectivity index (χ0n) is 16.0. The summed E-state index contributed by atoms with van der Waals surface area (Å²) < 4.78 is 38.3. The average molecular weight is 420 g/mol. The number of benzene rings is 3. The van der Waals surface area contributed by atoms with Crippen molar-refractivity contribution in [3.63, 3.8) is 0 Å². The molecule has 4 rings (SSSR count). The van der Waals surface area contributed by atoms with E-state index in [1.54, 1.807) is 54.7 Å². The van der Waals surface area contributed by atoms with Crippen molar-refractivity contribution >= 4 is 9.84 Å². The second-order valence-corrected chi connectivity index (χ2v) is 8.80. The van der Waals surface area contributed by atoms with Crippen LogP contribution in [0.15, 0.2) is 94.7 Å². The molecule has 3 aromatic carbocycles. The fourth-order valence-corrected chi connectivity index (χ4v) is 3.83. The number of nitrogens with zero attached hydrogens (tertiary/aromatic N) is 2. The number of hydrogen-bond acceptors (Lipinski definition) is 4. The third-order valence-electron chi connectivity index (χ3n) is 4.71. The van der Waals surface area contributed by atoms with Gasteiger partial charge in [-0.15, -0.1) is 0 Å². The van der Waals surface area contributed by atoms with Crippen LogP contribution in [0.25, 0.3) is 27.9 Å². The van der Waals surface area contributed by atoms with E-state index >= 15 is 0 Å². The summed E-state index contributed by atoms with van der Waals surface area (Å²) in [5, 5.41) is 4.30. The average Bonchev–Trinajstić information content (AvgIpc) is 2.74. The van der Waals surface area contributed by atoms with Gasteiger partial charge in [-0.05, 0) is 47.5 Å². The normalized spacial score (nSPS) is 11.4. The maximum absolute atomic E-state index is 13.4. The van der Waals surface area contributed by atoms with Gasteiger partial charge in [0.2, 0.25) is 0 Å². The van der Waals surface area contributed by atoms with Crippen molar-refractivity contribution in [2.75, 3.05) is 6.26 Å². The number of sulfone groups is 1. The molecular weight excluding hydrogens is 403 g/mol. The monoisotopic (exact) mass is 420 g/mol. The molecule has 0 spiro atoms. The minimum Gasteiger partial charge on any atom is -0.267 e. The van der Waals surface area contributed by atoms with Crippen LogP contribution in [0.5, 0.6) is 0 Å². The van der Waals surface area contributed by atoms with Crippen molar-refractivity contribution in [3.05, 3.63) is 101 Å². The number of para-hydroxylation sites is 1. The minimum absolute atomic E-state index is 0.159. The molecule has 0 aliphatic rings. The van der Waals surface area contributed by atoms with Gasteiger partial charge in [0.25, 0.3) is 5.56 Å². The molecule has 0 unspecified atom stereocenters. The van der Waals surface area contributed by atoms with Gasteiger partial charge in [0.05, 0.1) is 22.3 Å². The van der Waals surface area contributed by atoms with E-state index in [-0.39, 0.29) is 16.3 Å². The van der Waals surface area contributed by atoms with Gasteiger partial charge in [0.15, 0.2) is 9.84 Å². The summed E-state index contributed by atoms with van der Waals surface area (Å²) in [7, 11) is -3.37. The molecule has 150 valence electrons. The van der Waals surface area contributed by atoms with Crippen molar-refractivity contribution in [1.82, 2.24) is 9.78 Å². The van der Waals surface area contributed by atoms with Crippen LogP contribution in [0.1, 0.15) is 0 Å². The highest BCUT2D eigenvalue weighted by atomic mass is 32.2. The first-order chi connectivity index (χ1) is 14.3. The summed E-state index contributed by atoms with van der Waals surface area (Å²) in [5.41, 5.74) is 2.28. The highest BCUT2D eigenvalue weighted by Gasteiger charge is 2.17. The van der Waals surface area contributed by atoms with Crippen molar-refractivity contribution in [2.24, 2.45) is 0 Å². The predicted octanol–water partition coefficient (Wildman–Crippen LogP) is 4.11. The van der Waals surface area contributed by atoms with Crippen molar-refractivity contribution in [1.29, 1.82) is 0 Å². The van der Waals surface area contributed by atoms with Gasteiger partial charge in [0, 0.05) is 11.8 Å². The maximum Gasteiger partial charge on any atom is 0.279 e. The third-order valence-corrected chi connectivity index (χ3v) is 5.83. The van der Waals surface area contributed by atoms with Crippen LogP contribution in [0, 0.1) is 5.82 Å². The minimum atomic E-state index is -3.37. The first-order valence-electron chi connectivity index (χ1n) is 9.09. The van der Waals surface area contributed by atoms with E-state index in [0.717, 1.165) is 6.26 Å². The van der Waals surface area contributed by atoms with Gasteiger partial charge in [-0.1, -0.05) is 42.5 Å². The Bertz CT molecular complexity index is 1360. The molecule has 7 heteroatoms. The Morgan fingerprint density at radius 1 is 0.833 bits per heavy atom. The molecule has 0 fully saturated rings. The van der Waals surface area contributed by atoms with Crippen LogP contribution >= 0.6 is 0 Å². The van der Waals surface area contributed by atoms with Crippen molar-refractivity contribution < 1.29 is 12.8 Å². The molecule has 0 N–H and O–H groups in total. The van der Waals surface area contributed by atoms with Crippen LogP contribution < -0.4 is 5.56 Å². The highest BCUT2D eigenvalue weighted by molar-refractivity contribution is 7.90.